The standard InChI is InChI=1S/C11H22N2O3/c1-9-7-13(11(2,3)8-16-9)10(14)12-5-6-15-4/h9H,5-8H2,1-4H3,(H,12,14). The van der Waals surface area contributed by atoms with Crippen LogP contribution in [0.1, 0.15) is 20.8 Å². The van der Waals surface area contributed by atoms with Gasteiger partial charge in [0.05, 0.1) is 24.9 Å². The van der Waals surface area contributed by atoms with Gasteiger partial charge in [0.1, 0.15) is 0 Å². The van der Waals surface area contributed by atoms with E-state index in [2.05, 4.69) is 5.32 Å². The van der Waals surface area contributed by atoms with Crippen molar-refractivity contribution < 1.29 is 14.3 Å². The van der Waals surface area contributed by atoms with Gasteiger partial charge in [0.25, 0.3) is 0 Å². The Labute approximate surface area is 97.1 Å². The lowest BCUT2D eigenvalue weighted by molar-refractivity contribution is -0.0707. The molecule has 0 aliphatic carbocycles. The molecular formula is C11H22N2O3. The molecule has 1 unspecified atom stereocenters. The first kappa shape index (κ1) is 13.3. The number of amides is 2. The Morgan fingerprint density at radius 2 is 2.31 bits per heavy atom. The van der Waals surface area contributed by atoms with Crippen molar-refractivity contribution in [2.75, 3.05) is 33.4 Å². The largest absolute Gasteiger partial charge is 0.383 e. The van der Waals surface area contributed by atoms with E-state index in [1.807, 2.05) is 25.7 Å². The summed E-state index contributed by atoms with van der Waals surface area (Å²) < 4.78 is 10.4. The number of carbonyl (C=O) groups is 1. The van der Waals surface area contributed by atoms with E-state index in [9.17, 15) is 4.79 Å². The number of rotatable bonds is 3. The van der Waals surface area contributed by atoms with Crippen molar-refractivity contribution in [3.05, 3.63) is 0 Å². The quantitative estimate of drug-likeness (QED) is 0.731. The minimum atomic E-state index is -0.246. The smallest absolute Gasteiger partial charge is 0.318 e. The van der Waals surface area contributed by atoms with Gasteiger partial charge in [-0.05, 0) is 20.8 Å². The van der Waals surface area contributed by atoms with Crippen LogP contribution in [0.5, 0.6) is 0 Å². The molecule has 0 aromatic rings. The third-order valence-corrected chi connectivity index (χ3v) is 2.72. The number of carbonyl (C=O) groups excluding carboxylic acids is 1. The Bertz CT molecular complexity index is 243. The Morgan fingerprint density at radius 3 is 2.94 bits per heavy atom. The molecule has 1 fully saturated rings. The normalized spacial score (nSPS) is 24.2. The van der Waals surface area contributed by atoms with E-state index in [0.717, 1.165) is 0 Å². The molecule has 5 nitrogen and oxygen atoms in total. The van der Waals surface area contributed by atoms with Gasteiger partial charge in [-0.15, -0.1) is 0 Å². The van der Waals surface area contributed by atoms with Crippen LogP contribution in [0.2, 0.25) is 0 Å². The number of urea groups is 1. The number of hydrogen-bond acceptors (Lipinski definition) is 3. The van der Waals surface area contributed by atoms with Gasteiger partial charge < -0.3 is 19.7 Å². The van der Waals surface area contributed by atoms with Crippen molar-refractivity contribution in [3.63, 3.8) is 0 Å². The molecule has 0 radical (unpaired) electrons. The van der Waals surface area contributed by atoms with Crippen LogP contribution in [0, 0.1) is 0 Å². The molecule has 1 rings (SSSR count). The number of methoxy groups -OCH3 is 1. The number of hydrogen-bond donors (Lipinski definition) is 1. The summed E-state index contributed by atoms with van der Waals surface area (Å²) >= 11 is 0. The maximum atomic E-state index is 11.9. The van der Waals surface area contributed by atoms with Crippen molar-refractivity contribution in [2.24, 2.45) is 0 Å². The first-order chi connectivity index (χ1) is 7.47. The monoisotopic (exact) mass is 230 g/mol. The number of ether oxygens (including phenoxy) is 2. The van der Waals surface area contributed by atoms with E-state index in [-0.39, 0.29) is 17.7 Å². The topological polar surface area (TPSA) is 50.8 Å². The van der Waals surface area contributed by atoms with Crippen molar-refractivity contribution in [3.8, 4) is 0 Å². The number of nitrogens with one attached hydrogen (secondary N) is 1. The Hall–Kier alpha value is -0.810. The van der Waals surface area contributed by atoms with Crippen LogP contribution < -0.4 is 5.32 Å². The van der Waals surface area contributed by atoms with E-state index in [1.165, 1.54) is 0 Å². The van der Waals surface area contributed by atoms with Crippen LogP contribution in [0.15, 0.2) is 0 Å². The predicted molar refractivity (Wildman–Crippen MR) is 61.5 cm³/mol. The third kappa shape index (κ3) is 3.35. The molecule has 1 aliphatic rings. The highest BCUT2D eigenvalue weighted by atomic mass is 16.5. The van der Waals surface area contributed by atoms with Gasteiger partial charge in [-0.3, -0.25) is 0 Å². The first-order valence-electron chi connectivity index (χ1n) is 5.63. The maximum Gasteiger partial charge on any atom is 0.318 e. The average Bonchev–Trinajstić information content (AvgIpc) is 2.22. The SMILES string of the molecule is COCCNC(=O)N1CC(C)OCC1(C)C. The summed E-state index contributed by atoms with van der Waals surface area (Å²) in [6, 6.07) is -0.0443. The summed E-state index contributed by atoms with van der Waals surface area (Å²) in [5, 5.41) is 2.84. The fourth-order valence-electron chi connectivity index (χ4n) is 1.69. The van der Waals surface area contributed by atoms with E-state index >= 15 is 0 Å². The maximum absolute atomic E-state index is 11.9. The van der Waals surface area contributed by atoms with Gasteiger partial charge >= 0.3 is 6.03 Å². The molecule has 1 saturated heterocycles. The van der Waals surface area contributed by atoms with E-state index in [4.69, 9.17) is 9.47 Å². The molecule has 0 spiro atoms. The average molecular weight is 230 g/mol. The van der Waals surface area contributed by atoms with Crippen molar-refractivity contribution in [1.29, 1.82) is 0 Å². The molecule has 1 N–H and O–H groups in total. The first-order valence-corrected chi connectivity index (χ1v) is 5.63. The summed E-state index contributed by atoms with van der Waals surface area (Å²) in [5.41, 5.74) is -0.246. The molecule has 0 aromatic heterocycles. The Morgan fingerprint density at radius 1 is 1.62 bits per heavy atom. The molecule has 0 saturated carbocycles. The second-order valence-corrected chi connectivity index (χ2v) is 4.77. The zero-order chi connectivity index (χ0) is 12.2. The Balaban J connectivity index is 2.51. The fourth-order valence-corrected chi connectivity index (χ4v) is 1.69. The molecule has 1 aliphatic heterocycles. The zero-order valence-electron chi connectivity index (χ0n) is 10.6. The van der Waals surface area contributed by atoms with E-state index in [1.54, 1.807) is 7.11 Å². The summed E-state index contributed by atoms with van der Waals surface area (Å²) in [5.74, 6) is 0. The molecule has 16 heavy (non-hydrogen) atoms. The molecule has 2 amide bonds. The highest BCUT2D eigenvalue weighted by Crippen LogP contribution is 2.21. The van der Waals surface area contributed by atoms with Crippen LogP contribution in [0.3, 0.4) is 0 Å². The Kier molecular flexibility index (Phi) is 4.56. The van der Waals surface area contributed by atoms with Gasteiger partial charge in [0.2, 0.25) is 0 Å². The van der Waals surface area contributed by atoms with Crippen LogP contribution >= 0.6 is 0 Å². The zero-order valence-corrected chi connectivity index (χ0v) is 10.6. The predicted octanol–water partition coefficient (Wildman–Crippen LogP) is 0.842. The van der Waals surface area contributed by atoms with Gasteiger partial charge in [0.15, 0.2) is 0 Å². The van der Waals surface area contributed by atoms with Crippen LogP contribution in [0.4, 0.5) is 4.79 Å². The summed E-state index contributed by atoms with van der Waals surface area (Å²) in [6.07, 6.45) is 0.0983. The number of nitrogens with zero attached hydrogens (tertiary/aromatic N) is 1. The molecular weight excluding hydrogens is 208 g/mol. The molecule has 1 atom stereocenters. The minimum absolute atomic E-state index is 0.0443. The lowest BCUT2D eigenvalue weighted by atomic mass is 10.0. The van der Waals surface area contributed by atoms with Crippen molar-refractivity contribution in [1.82, 2.24) is 10.2 Å². The van der Waals surface area contributed by atoms with Crippen LogP contribution in [-0.2, 0) is 9.47 Å². The molecule has 1 heterocycles. The van der Waals surface area contributed by atoms with Gasteiger partial charge in [0, 0.05) is 20.2 Å². The highest BCUT2D eigenvalue weighted by molar-refractivity contribution is 5.75. The molecule has 5 heteroatoms. The second-order valence-electron chi connectivity index (χ2n) is 4.77. The minimum Gasteiger partial charge on any atom is -0.383 e. The highest BCUT2D eigenvalue weighted by Gasteiger charge is 2.36. The summed E-state index contributed by atoms with van der Waals surface area (Å²) in [4.78, 5) is 13.8. The van der Waals surface area contributed by atoms with E-state index < -0.39 is 0 Å². The van der Waals surface area contributed by atoms with Crippen molar-refractivity contribution >= 4 is 6.03 Å². The van der Waals surface area contributed by atoms with Gasteiger partial charge in [-0.25, -0.2) is 4.79 Å². The summed E-state index contributed by atoms with van der Waals surface area (Å²) in [6.45, 7) is 8.27. The van der Waals surface area contributed by atoms with Gasteiger partial charge in [-0.2, -0.15) is 0 Å². The lowest BCUT2D eigenvalue weighted by Crippen LogP contribution is -2.60. The number of morpholine rings is 1. The molecule has 94 valence electrons. The molecule has 0 aromatic carbocycles. The van der Waals surface area contributed by atoms with Crippen LogP contribution in [0.25, 0.3) is 0 Å². The third-order valence-electron chi connectivity index (χ3n) is 2.72. The summed E-state index contributed by atoms with van der Waals surface area (Å²) in [7, 11) is 1.62. The van der Waals surface area contributed by atoms with E-state index in [0.29, 0.717) is 26.3 Å². The molecule has 0 bridgehead atoms. The fraction of sp³-hybridized carbons (Fsp3) is 0.909. The van der Waals surface area contributed by atoms with Crippen LogP contribution in [-0.4, -0.2) is 56.0 Å². The lowest BCUT2D eigenvalue weighted by Gasteiger charge is -2.44. The van der Waals surface area contributed by atoms with Gasteiger partial charge in [-0.1, -0.05) is 0 Å². The van der Waals surface area contributed by atoms with Crippen molar-refractivity contribution in [2.45, 2.75) is 32.4 Å². The second kappa shape index (κ2) is 5.50.